The smallest absolute Gasteiger partial charge is 0.272 e. The van der Waals surface area contributed by atoms with Gasteiger partial charge in [-0.3, -0.25) is 9.78 Å². The van der Waals surface area contributed by atoms with Crippen molar-refractivity contribution < 1.29 is 4.79 Å². The third-order valence-corrected chi connectivity index (χ3v) is 3.78. The first-order valence-corrected chi connectivity index (χ1v) is 6.45. The molecule has 0 aromatic carbocycles. The number of aromatic nitrogens is 1. The van der Waals surface area contributed by atoms with Crippen LogP contribution in [0.1, 0.15) is 29.9 Å². The molecule has 1 aromatic heterocycles. The minimum atomic E-state index is -0.0133. The van der Waals surface area contributed by atoms with Crippen LogP contribution in [0.5, 0.6) is 0 Å². The van der Waals surface area contributed by atoms with E-state index >= 15 is 0 Å². The van der Waals surface area contributed by atoms with Crippen LogP contribution in [0.15, 0.2) is 18.3 Å². The van der Waals surface area contributed by atoms with Crippen molar-refractivity contribution in [2.45, 2.75) is 13.8 Å². The molecular formula is C13H17N3OS. The summed E-state index contributed by atoms with van der Waals surface area (Å²) in [5.74, 6) is 1.08. The molecule has 1 aliphatic rings. The predicted molar refractivity (Wildman–Crippen MR) is 74.4 cm³/mol. The van der Waals surface area contributed by atoms with Gasteiger partial charge in [-0.2, -0.15) is 0 Å². The highest BCUT2D eigenvalue weighted by atomic mass is 32.1. The van der Waals surface area contributed by atoms with Crippen LogP contribution >= 0.6 is 12.2 Å². The minimum absolute atomic E-state index is 0.0133. The molecule has 1 saturated heterocycles. The number of nitrogens with zero attached hydrogens (tertiary/aromatic N) is 2. The number of carbonyl (C=O) groups is 1. The normalized spacial score (nSPS) is 23.1. The van der Waals surface area contributed by atoms with Crippen molar-refractivity contribution in [2.75, 3.05) is 13.1 Å². The summed E-state index contributed by atoms with van der Waals surface area (Å²) in [6, 6.07) is 3.43. The number of carbonyl (C=O) groups excluding carboxylic acids is 1. The Morgan fingerprint density at radius 1 is 1.39 bits per heavy atom. The molecule has 0 spiro atoms. The molecule has 2 heterocycles. The Labute approximate surface area is 112 Å². The van der Waals surface area contributed by atoms with Gasteiger partial charge in [-0.25, -0.2) is 0 Å². The van der Waals surface area contributed by atoms with E-state index in [1.807, 2.05) is 4.90 Å². The van der Waals surface area contributed by atoms with Crippen LogP contribution in [-0.4, -0.2) is 33.9 Å². The Morgan fingerprint density at radius 2 is 2.00 bits per heavy atom. The molecule has 1 aliphatic heterocycles. The van der Waals surface area contributed by atoms with E-state index in [0.717, 1.165) is 13.1 Å². The molecule has 1 amide bonds. The van der Waals surface area contributed by atoms with Crippen molar-refractivity contribution in [3.63, 3.8) is 0 Å². The summed E-state index contributed by atoms with van der Waals surface area (Å²) in [4.78, 5) is 18.5. The summed E-state index contributed by atoms with van der Waals surface area (Å²) in [7, 11) is 0. The zero-order valence-corrected chi connectivity index (χ0v) is 11.4. The Hall–Kier alpha value is -1.49. The number of nitrogens with two attached hydrogens (primary N) is 1. The van der Waals surface area contributed by atoms with Gasteiger partial charge in [-0.1, -0.05) is 26.1 Å². The van der Waals surface area contributed by atoms with Crippen molar-refractivity contribution in [3.8, 4) is 0 Å². The maximum absolute atomic E-state index is 12.2. The molecule has 0 saturated carbocycles. The van der Waals surface area contributed by atoms with Crippen molar-refractivity contribution in [1.82, 2.24) is 9.88 Å². The van der Waals surface area contributed by atoms with Gasteiger partial charge in [0, 0.05) is 24.8 Å². The second kappa shape index (κ2) is 5.02. The van der Waals surface area contributed by atoms with Crippen molar-refractivity contribution in [2.24, 2.45) is 17.6 Å². The lowest BCUT2D eigenvalue weighted by molar-refractivity contribution is 0.0779. The second-order valence-electron chi connectivity index (χ2n) is 4.96. The van der Waals surface area contributed by atoms with E-state index in [-0.39, 0.29) is 5.91 Å². The summed E-state index contributed by atoms with van der Waals surface area (Å²) < 4.78 is 0. The molecule has 2 unspecified atom stereocenters. The van der Waals surface area contributed by atoms with E-state index in [1.165, 1.54) is 0 Å². The molecule has 0 aliphatic carbocycles. The summed E-state index contributed by atoms with van der Waals surface area (Å²) in [6.07, 6.45) is 1.55. The van der Waals surface area contributed by atoms with Crippen molar-refractivity contribution >= 4 is 23.1 Å². The van der Waals surface area contributed by atoms with E-state index in [1.54, 1.807) is 18.3 Å². The summed E-state index contributed by atoms with van der Waals surface area (Å²) >= 11 is 4.85. The molecule has 5 heteroatoms. The quantitative estimate of drug-likeness (QED) is 0.820. The number of amides is 1. The number of thiocarbonyl (C=S) groups is 1. The minimum Gasteiger partial charge on any atom is -0.389 e. The number of pyridine rings is 1. The Balaban J connectivity index is 2.12. The van der Waals surface area contributed by atoms with Crippen LogP contribution in [0.2, 0.25) is 0 Å². The molecule has 0 radical (unpaired) electrons. The maximum atomic E-state index is 12.2. The SMILES string of the molecule is CC1CN(C(=O)c2ccc(C(N)=S)cn2)CC1C. The lowest BCUT2D eigenvalue weighted by Gasteiger charge is -2.15. The van der Waals surface area contributed by atoms with Crippen LogP contribution in [0.25, 0.3) is 0 Å². The van der Waals surface area contributed by atoms with Crippen LogP contribution in [0, 0.1) is 11.8 Å². The van der Waals surface area contributed by atoms with Gasteiger partial charge in [0.1, 0.15) is 10.7 Å². The zero-order valence-electron chi connectivity index (χ0n) is 10.6. The lowest BCUT2D eigenvalue weighted by atomic mass is 10.0. The first kappa shape index (κ1) is 13.0. The lowest BCUT2D eigenvalue weighted by Crippen LogP contribution is -2.29. The highest BCUT2D eigenvalue weighted by Crippen LogP contribution is 2.23. The number of hydrogen-bond donors (Lipinski definition) is 1. The van der Waals surface area contributed by atoms with Crippen molar-refractivity contribution in [1.29, 1.82) is 0 Å². The van der Waals surface area contributed by atoms with Gasteiger partial charge in [0.2, 0.25) is 0 Å². The summed E-state index contributed by atoms with van der Waals surface area (Å²) in [6.45, 7) is 5.94. The van der Waals surface area contributed by atoms with Gasteiger partial charge >= 0.3 is 0 Å². The number of likely N-dealkylation sites (tertiary alicyclic amines) is 1. The molecule has 18 heavy (non-hydrogen) atoms. The van der Waals surface area contributed by atoms with Gasteiger partial charge in [-0.05, 0) is 24.0 Å². The summed E-state index contributed by atoms with van der Waals surface area (Å²) in [5, 5.41) is 0. The average molecular weight is 263 g/mol. The Morgan fingerprint density at radius 3 is 2.44 bits per heavy atom. The third kappa shape index (κ3) is 2.51. The van der Waals surface area contributed by atoms with E-state index in [2.05, 4.69) is 18.8 Å². The topological polar surface area (TPSA) is 59.2 Å². The molecule has 4 nitrogen and oxygen atoms in total. The van der Waals surface area contributed by atoms with Gasteiger partial charge in [0.05, 0.1) is 0 Å². The molecule has 2 rings (SSSR count). The van der Waals surface area contributed by atoms with Crippen LogP contribution in [0.4, 0.5) is 0 Å². The number of rotatable bonds is 2. The van der Waals surface area contributed by atoms with Crippen molar-refractivity contribution in [3.05, 3.63) is 29.6 Å². The molecule has 2 atom stereocenters. The fourth-order valence-electron chi connectivity index (χ4n) is 2.12. The second-order valence-corrected chi connectivity index (χ2v) is 5.40. The summed E-state index contributed by atoms with van der Waals surface area (Å²) in [5.41, 5.74) is 6.63. The van der Waals surface area contributed by atoms with Gasteiger partial charge in [0.15, 0.2) is 0 Å². The van der Waals surface area contributed by atoms with Gasteiger partial charge in [-0.15, -0.1) is 0 Å². The van der Waals surface area contributed by atoms with E-state index in [0.29, 0.717) is 28.1 Å². The standard InChI is InChI=1S/C13H17N3OS/c1-8-6-16(7-9(8)2)13(17)11-4-3-10(5-15-11)12(14)18/h3-5,8-9H,6-7H2,1-2H3,(H2,14,18). The van der Waals surface area contributed by atoms with Crippen LogP contribution < -0.4 is 5.73 Å². The monoisotopic (exact) mass is 263 g/mol. The number of hydrogen-bond acceptors (Lipinski definition) is 3. The van der Waals surface area contributed by atoms with Gasteiger partial charge in [0.25, 0.3) is 5.91 Å². The highest BCUT2D eigenvalue weighted by molar-refractivity contribution is 7.80. The molecule has 2 N–H and O–H groups in total. The average Bonchev–Trinajstić information content (AvgIpc) is 2.69. The zero-order chi connectivity index (χ0) is 13.3. The molecule has 1 fully saturated rings. The van der Waals surface area contributed by atoms with E-state index < -0.39 is 0 Å². The Kier molecular flexibility index (Phi) is 3.61. The van der Waals surface area contributed by atoms with Crippen LogP contribution in [-0.2, 0) is 0 Å². The fraction of sp³-hybridized carbons (Fsp3) is 0.462. The first-order chi connectivity index (χ1) is 8.49. The highest BCUT2D eigenvalue weighted by Gasteiger charge is 2.30. The largest absolute Gasteiger partial charge is 0.389 e. The first-order valence-electron chi connectivity index (χ1n) is 6.04. The molecule has 1 aromatic rings. The fourth-order valence-corrected chi connectivity index (χ4v) is 2.24. The van der Waals surface area contributed by atoms with Gasteiger partial charge < -0.3 is 10.6 Å². The van der Waals surface area contributed by atoms with Crippen LogP contribution in [0.3, 0.4) is 0 Å². The van der Waals surface area contributed by atoms with E-state index in [4.69, 9.17) is 18.0 Å². The van der Waals surface area contributed by atoms with E-state index in [9.17, 15) is 4.79 Å². The molecule has 96 valence electrons. The molecule has 0 bridgehead atoms. The third-order valence-electron chi connectivity index (χ3n) is 3.54. The maximum Gasteiger partial charge on any atom is 0.272 e. The molecular weight excluding hydrogens is 246 g/mol. The predicted octanol–water partition coefficient (Wildman–Crippen LogP) is 1.44. The Bertz CT molecular complexity index is 462.